The lowest BCUT2D eigenvalue weighted by molar-refractivity contribution is 0.0162. The molecular weight excluding hydrogens is 373 g/mol. The zero-order valence-corrected chi connectivity index (χ0v) is 16.3. The van der Waals surface area contributed by atoms with Crippen LogP contribution in [0.3, 0.4) is 0 Å². The summed E-state index contributed by atoms with van der Waals surface area (Å²) in [5, 5.41) is 3.70. The highest BCUT2D eigenvalue weighted by molar-refractivity contribution is 5.98. The molecule has 2 aromatic carbocycles. The van der Waals surface area contributed by atoms with Gasteiger partial charge in [-0.1, -0.05) is 12.1 Å². The number of morpholine rings is 1. The van der Waals surface area contributed by atoms with Crippen molar-refractivity contribution in [2.24, 2.45) is 0 Å². The van der Waals surface area contributed by atoms with Gasteiger partial charge in [-0.25, -0.2) is 4.39 Å². The van der Waals surface area contributed by atoms with E-state index in [2.05, 4.69) is 15.2 Å². The fraction of sp³-hybridized carbons (Fsp3) is 0.318. The van der Waals surface area contributed by atoms with Gasteiger partial charge in [0.15, 0.2) is 0 Å². The molecular formula is C22H24FN3O3. The summed E-state index contributed by atoms with van der Waals surface area (Å²) >= 11 is 0. The second-order valence-electron chi connectivity index (χ2n) is 7.06. The number of halogens is 1. The van der Waals surface area contributed by atoms with Crippen LogP contribution >= 0.6 is 0 Å². The Morgan fingerprint density at radius 3 is 2.69 bits per heavy atom. The number of benzene rings is 2. The Bertz CT molecular complexity index is 981. The van der Waals surface area contributed by atoms with Crippen molar-refractivity contribution in [2.75, 3.05) is 40.0 Å². The molecule has 1 aliphatic rings. The molecule has 0 bridgehead atoms. The molecule has 1 saturated heterocycles. The van der Waals surface area contributed by atoms with Gasteiger partial charge in [-0.2, -0.15) is 0 Å². The molecule has 4 rings (SSSR count). The fourth-order valence-electron chi connectivity index (χ4n) is 3.68. The van der Waals surface area contributed by atoms with E-state index in [1.165, 1.54) is 12.1 Å². The van der Waals surface area contributed by atoms with Crippen LogP contribution in [0.4, 0.5) is 4.39 Å². The molecule has 6 nitrogen and oxygen atoms in total. The first-order valence-electron chi connectivity index (χ1n) is 9.66. The Balaban J connectivity index is 1.50. The maximum atomic E-state index is 13.4. The summed E-state index contributed by atoms with van der Waals surface area (Å²) in [5.74, 6) is 0.257. The first-order valence-corrected chi connectivity index (χ1v) is 9.66. The van der Waals surface area contributed by atoms with E-state index >= 15 is 0 Å². The number of fused-ring (bicyclic) bond motifs is 1. The molecule has 1 aliphatic heterocycles. The van der Waals surface area contributed by atoms with Gasteiger partial charge in [0.2, 0.25) is 0 Å². The fourth-order valence-corrected chi connectivity index (χ4v) is 3.68. The smallest absolute Gasteiger partial charge is 0.267 e. The van der Waals surface area contributed by atoms with Gasteiger partial charge in [-0.05, 0) is 42.0 Å². The van der Waals surface area contributed by atoms with Gasteiger partial charge in [0.1, 0.15) is 17.3 Å². The van der Waals surface area contributed by atoms with E-state index in [1.807, 2.05) is 24.3 Å². The van der Waals surface area contributed by atoms with E-state index in [1.54, 1.807) is 19.2 Å². The third kappa shape index (κ3) is 4.41. The number of amides is 1. The number of nitrogens with zero attached hydrogens (tertiary/aromatic N) is 1. The van der Waals surface area contributed by atoms with E-state index in [0.29, 0.717) is 30.8 Å². The van der Waals surface area contributed by atoms with Crippen molar-refractivity contribution in [3.8, 4) is 5.75 Å². The normalized spacial score (nSPS) is 15.9. The second kappa shape index (κ2) is 8.63. The highest BCUT2D eigenvalue weighted by Gasteiger charge is 2.24. The number of hydrogen-bond acceptors (Lipinski definition) is 4. The highest BCUT2D eigenvalue weighted by atomic mass is 19.1. The van der Waals surface area contributed by atoms with Crippen molar-refractivity contribution in [3.05, 3.63) is 65.6 Å². The molecule has 1 amide bonds. The number of rotatable bonds is 6. The van der Waals surface area contributed by atoms with E-state index in [0.717, 1.165) is 29.9 Å². The SMILES string of the molecule is COc1ccc([C@H](CNC(=O)c2cc3cc(F)ccc3[nH]2)N2CCOCC2)cc1. The largest absolute Gasteiger partial charge is 0.497 e. The molecule has 1 fully saturated rings. The Kier molecular flexibility index (Phi) is 5.78. The average molecular weight is 397 g/mol. The monoisotopic (exact) mass is 397 g/mol. The first-order chi connectivity index (χ1) is 14.1. The van der Waals surface area contributed by atoms with E-state index < -0.39 is 0 Å². The summed E-state index contributed by atoms with van der Waals surface area (Å²) in [7, 11) is 1.64. The van der Waals surface area contributed by atoms with Crippen molar-refractivity contribution in [3.63, 3.8) is 0 Å². The summed E-state index contributed by atoms with van der Waals surface area (Å²) < 4.78 is 24.1. The summed E-state index contributed by atoms with van der Waals surface area (Å²) in [6.07, 6.45) is 0. The van der Waals surface area contributed by atoms with Crippen LogP contribution in [0.2, 0.25) is 0 Å². The molecule has 0 saturated carbocycles. The quantitative estimate of drug-likeness (QED) is 0.671. The number of aromatic amines is 1. The summed E-state index contributed by atoms with van der Waals surface area (Å²) in [6, 6.07) is 14.0. The van der Waals surface area contributed by atoms with Crippen LogP contribution in [0, 0.1) is 5.82 Å². The Hall–Kier alpha value is -2.90. The van der Waals surface area contributed by atoms with E-state index in [4.69, 9.17) is 9.47 Å². The predicted octanol–water partition coefficient (Wildman–Crippen LogP) is 3.12. The molecule has 1 atom stereocenters. The van der Waals surface area contributed by atoms with Gasteiger partial charge in [-0.15, -0.1) is 0 Å². The van der Waals surface area contributed by atoms with Crippen molar-refractivity contribution < 1.29 is 18.7 Å². The number of methoxy groups -OCH3 is 1. The minimum absolute atomic E-state index is 0.0237. The zero-order chi connectivity index (χ0) is 20.2. The predicted molar refractivity (Wildman–Crippen MR) is 109 cm³/mol. The average Bonchev–Trinajstić information content (AvgIpc) is 3.18. The van der Waals surface area contributed by atoms with Gasteiger partial charge in [0.25, 0.3) is 5.91 Å². The third-order valence-corrected chi connectivity index (χ3v) is 5.27. The first kappa shape index (κ1) is 19.4. The van der Waals surface area contributed by atoms with Gasteiger partial charge >= 0.3 is 0 Å². The minimum Gasteiger partial charge on any atom is -0.497 e. The number of ether oxygens (including phenoxy) is 2. The van der Waals surface area contributed by atoms with Crippen LogP contribution in [-0.4, -0.2) is 55.7 Å². The van der Waals surface area contributed by atoms with Gasteiger partial charge in [0.05, 0.1) is 26.4 Å². The molecule has 3 aromatic rings. The number of aromatic nitrogens is 1. The minimum atomic E-state index is -0.324. The lowest BCUT2D eigenvalue weighted by Gasteiger charge is -2.35. The number of H-pyrrole nitrogens is 1. The van der Waals surface area contributed by atoms with Gasteiger partial charge in [-0.3, -0.25) is 9.69 Å². The lowest BCUT2D eigenvalue weighted by atomic mass is 10.0. The summed E-state index contributed by atoms with van der Waals surface area (Å²) in [4.78, 5) is 18.1. The molecule has 0 spiro atoms. The van der Waals surface area contributed by atoms with E-state index in [9.17, 15) is 9.18 Å². The molecule has 0 radical (unpaired) electrons. The molecule has 29 heavy (non-hydrogen) atoms. The Labute approximate surface area is 168 Å². The molecule has 2 heterocycles. The van der Waals surface area contributed by atoms with Crippen LogP contribution in [0.1, 0.15) is 22.1 Å². The number of carbonyl (C=O) groups is 1. The van der Waals surface area contributed by atoms with Crippen molar-refractivity contribution in [1.29, 1.82) is 0 Å². The Morgan fingerprint density at radius 2 is 1.97 bits per heavy atom. The maximum absolute atomic E-state index is 13.4. The van der Waals surface area contributed by atoms with Crippen molar-refractivity contribution in [1.82, 2.24) is 15.2 Å². The summed E-state index contributed by atoms with van der Waals surface area (Å²) in [5.41, 5.74) is 2.25. The second-order valence-corrected chi connectivity index (χ2v) is 7.06. The van der Waals surface area contributed by atoms with Crippen LogP contribution in [0.5, 0.6) is 5.75 Å². The van der Waals surface area contributed by atoms with Crippen molar-refractivity contribution >= 4 is 16.8 Å². The topological polar surface area (TPSA) is 66.6 Å². The molecule has 152 valence electrons. The zero-order valence-electron chi connectivity index (χ0n) is 16.3. The number of carbonyl (C=O) groups excluding carboxylic acids is 1. The maximum Gasteiger partial charge on any atom is 0.267 e. The van der Waals surface area contributed by atoms with Crippen LogP contribution in [0.25, 0.3) is 10.9 Å². The standard InChI is InChI=1S/C22H24FN3O3/c1-28-18-5-2-15(3-6-18)21(26-8-10-29-11-9-26)14-24-22(27)20-13-16-12-17(23)4-7-19(16)25-20/h2-7,12-13,21,25H,8-11,14H2,1H3,(H,24,27)/t21-/m0/s1. The van der Waals surface area contributed by atoms with Crippen LogP contribution in [-0.2, 0) is 4.74 Å². The van der Waals surface area contributed by atoms with Crippen LogP contribution < -0.4 is 10.1 Å². The van der Waals surface area contributed by atoms with Crippen LogP contribution in [0.15, 0.2) is 48.5 Å². The van der Waals surface area contributed by atoms with E-state index in [-0.39, 0.29) is 17.8 Å². The number of hydrogen-bond donors (Lipinski definition) is 2. The molecule has 1 aromatic heterocycles. The van der Waals surface area contributed by atoms with Gasteiger partial charge < -0.3 is 19.8 Å². The van der Waals surface area contributed by atoms with Crippen molar-refractivity contribution in [2.45, 2.75) is 6.04 Å². The van der Waals surface area contributed by atoms with Gasteiger partial charge in [0, 0.05) is 30.5 Å². The molecule has 0 aliphatic carbocycles. The highest BCUT2D eigenvalue weighted by Crippen LogP contribution is 2.24. The lowest BCUT2D eigenvalue weighted by Crippen LogP contribution is -2.43. The third-order valence-electron chi connectivity index (χ3n) is 5.27. The summed E-state index contributed by atoms with van der Waals surface area (Å²) in [6.45, 7) is 3.41. The molecule has 7 heteroatoms. The number of nitrogens with one attached hydrogen (secondary N) is 2. The Morgan fingerprint density at radius 1 is 1.21 bits per heavy atom. The molecule has 0 unspecified atom stereocenters. The molecule has 2 N–H and O–H groups in total.